The van der Waals surface area contributed by atoms with E-state index in [1.165, 1.54) is 0 Å². The van der Waals surface area contributed by atoms with Crippen LogP contribution in [0.2, 0.25) is 0 Å². The molecule has 0 aliphatic heterocycles. The molecule has 3 aromatic rings. The number of carbonyl (C=O) groups is 1. The predicted molar refractivity (Wildman–Crippen MR) is 119 cm³/mol. The fourth-order valence-corrected chi connectivity index (χ4v) is 3.42. The lowest BCUT2D eigenvalue weighted by Gasteiger charge is -2.24. The summed E-state index contributed by atoms with van der Waals surface area (Å²) >= 11 is 0. The first-order chi connectivity index (χ1) is 15.6. The summed E-state index contributed by atoms with van der Waals surface area (Å²) in [6.45, 7) is 1.55. The lowest BCUT2D eigenvalue weighted by Crippen LogP contribution is -2.41. The first-order valence-corrected chi connectivity index (χ1v) is 10.2. The van der Waals surface area contributed by atoms with Crippen LogP contribution in [-0.2, 0) is 17.4 Å². The molecule has 0 aliphatic rings. The summed E-state index contributed by atoms with van der Waals surface area (Å²) in [5.41, 5.74) is -0.570. The third kappa shape index (κ3) is 6.39. The topological polar surface area (TPSA) is 84.3 Å². The Bertz CT molecular complexity index is 1110. The molecule has 0 aromatic heterocycles. The second kappa shape index (κ2) is 10.3. The first kappa shape index (κ1) is 23.9. The fourth-order valence-electron chi connectivity index (χ4n) is 3.42. The normalized spacial score (nSPS) is 13.2. The Labute approximate surface area is 188 Å². The molecule has 0 saturated carbocycles. The first-order valence-electron chi connectivity index (χ1n) is 10.2. The molecule has 6 nitrogen and oxygen atoms in total. The van der Waals surface area contributed by atoms with Crippen LogP contribution in [-0.4, -0.2) is 16.9 Å². The largest absolute Gasteiger partial charge is 0.418 e. The molecule has 3 rings (SSSR count). The maximum atomic E-state index is 13.4. The van der Waals surface area contributed by atoms with E-state index in [1.54, 1.807) is 6.92 Å². The molecule has 172 valence electrons. The molecule has 0 aliphatic carbocycles. The highest BCUT2D eigenvalue weighted by Gasteiger charge is 2.36. The molecular weight excluding hydrogens is 435 g/mol. The smallest absolute Gasteiger partial charge is 0.324 e. The molecule has 9 heteroatoms. The molecule has 0 saturated heterocycles. The number of halogens is 3. The second-order valence-electron chi connectivity index (χ2n) is 7.52. The van der Waals surface area contributed by atoms with Gasteiger partial charge in [-0.1, -0.05) is 60.7 Å². The Hall–Kier alpha value is -3.72. The molecule has 33 heavy (non-hydrogen) atoms. The van der Waals surface area contributed by atoms with Crippen molar-refractivity contribution in [3.05, 3.63) is 106 Å². The SMILES string of the molecule is CC(NC(Cc1ccccc1)c1ccccc1)C(=O)Nc1ccc([N+](=O)[O-])cc1C(F)(F)F. The van der Waals surface area contributed by atoms with Gasteiger partial charge in [-0.15, -0.1) is 0 Å². The Morgan fingerprint density at radius 2 is 1.61 bits per heavy atom. The van der Waals surface area contributed by atoms with E-state index in [1.807, 2.05) is 60.7 Å². The number of anilines is 1. The van der Waals surface area contributed by atoms with Gasteiger partial charge in [0.15, 0.2) is 0 Å². The van der Waals surface area contributed by atoms with Gasteiger partial charge in [0.1, 0.15) is 0 Å². The molecule has 3 aromatic carbocycles. The number of carbonyl (C=O) groups excluding carboxylic acids is 1. The van der Waals surface area contributed by atoms with E-state index in [0.717, 1.165) is 23.3 Å². The number of non-ortho nitro benzene ring substituents is 1. The maximum Gasteiger partial charge on any atom is 0.418 e. The van der Waals surface area contributed by atoms with Gasteiger partial charge in [-0.2, -0.15) is 13.2 Å². The maximum absolute atomic E-state index is 13.4. The number of benzene rings is 3. The van der Waals surface area contributed by atoms with E-state index in [0.29, 0.717) is 12.5 Å². The standard InChI is InChI=1S/C24H22F3N3O3/c1-16(23(31)29-21-13-12-19(30(32)33)15-20(21)24(25,26)27)28-22(18-10-6-3-7-11-18)14-17-8-4-2-5-9-17/h2-13,15-16,22,28H,14H2,1H3,(H,29,31). The van der Waals surface area contributed by atoms with Crippen molar-refractivity contribution >= 4 is 17.3 Å². The summed E-state index contributed by atoms with van der Waals surface area (Å²) < 4.78 is 40.3. The van der Waals surface area contributed by atoms with E-state index in [9.17, 15) is 28.1 Å². The Balaban J connectivity index is 1.80. The molecule has 2 atom stereocenters. The number of nitrogens with one attached hydrogen (secondary N) is 2. The number of rotatable bonds is 8. The number of amides is 1. The molecule has 0 spiro atoms. The lowest BCUT2D eigenvalue weighted by molar-refractivity contribution is -0.385. The van der Waals surface area contributed by atoms with Crippen LogP contribution in [0.25, 0.3) is 0 Å². The summed E-state index contributed by atoms with van der Waals surface area (Å²) in [5, 5.41) is 16.3. The van der Waals surface area contributed by atoms with Crippen LogP contribution in [0.4, 0.5) is 24.5 Å². The van der Waals surface area contributed by atoms with Crippen molar-refractivity contribution in [1.82, 2.24) is 5.32 Å². The van der Waals surface area contributed by atoms with Crippen molar-refractivity contribution in [1.29, 1.82) is 0 Å². The average Bonchev–Trinajstić information content (AvgIpc) is 2.79. The molecular formula is C24H22F3N3O3. The van der Waals surface area contributed by atoms with Crippen LogP contribution < -0.4 is 10.6 Å². The van der Waals surface area contributed by atoms with Crippen molar-refractivity contribution in [3.63, 3.8) is 0 Å². The number of nitro benzene ring substituents is 1. The van der Waals surface area contributed by atoms with Crippen LogP contribution in [0.15, 0.2) is 78.9 Å². The van der Waals surface area contributed by atoms with Gasteiger partial charge < -0.3 is 5.32 Å². The van der Waals surface area contributed by atoms with E-state index in [4.69, 9.17) is 0 Å². The number of nitro groups is 1. The highest BCUT2D eigenvalue weighted by atomic mass is 19.4. The zero-order chi connectivity index (χ0) is 24.0. The van der Waals surface area contributed by atoms with Crippen molar-refractivity contribution in [2.24, 2.45) is 0 Å². The van der Waals surface area contributed by atoms with Gasteiger partial charge >= 0.3 is 6.18 Å². The quantitative estimate of drug-likeness (QED) is 0.345. The third-order valence-corrected chi connectivity index (χ3v) is 5.11. The number of hydrogen-bond donors (Lipinski definition) is 2. The third-order valence-electron chi connectivity index (χ3n) is 5.11. The van der Waals surface area contributed by atoms with Crippen LogP contribution in [0.1, 0.15) is 29.7 Å². The average molecular weight is 457 g/mol. The van der Waals surface area contributed by atoms with Crippen LogP contribution in [0, 0.1) is 10.1 Å². The highest BCUT2D eigenvalue weighted by molar-refractivity contribution is 5.95. The summed E-state index contributed by atoms with van der Waals surface area (Å²) in [6, 6.07) is 20.1. The molecule has 2 unspecified atom stereocenters. The van der Waals surface area contributed by atoms with Gasteiger partial charge in [-0.05, 0) is 30.5 Å². The van der Waals surface area contributed by atoms with Crippen molar-refractivity contribution in [2.75, 3.05) is 5.32 Å². The summed E-state index contributed by atoms with van der Waals surface area (Å²) in [5.74, 6) is -0.691. The van der Waals surface area contributed by atoms with Gasteiger partial charge in [-0.25, -0.2) is 0 Å². The molecule has 0 bridgehead atoms. The molecule has 2 N–H and O–H groups in total. The van der Waals surface area contributed by atoms with E-state index >= 15 is 0 Å². The van der Waals surface area contributed by atoms with Gasteiger partial charge in [0.2, 0.25) is 5.91 Å². The zero-order valence-corrected chi connectivity index (χ0v) is 17.7. The Morgan fingerprint density at radius 3 is 2.18 bits per heavy atom. The fraction of sp³-hybridized carbons (Fsp3) is 0.208. The van der Waals surface area contributed by atoms with E-state index in [-0.39, 0.29) is 6.04 Å². The van der Waals surface area contributed by atoms with Gasteiger partial charge in [0.25, 0.3) is 5.69 Å². The van der Waals surface area contributed by atoms with Gasteiger partial charge in [-0.3, -0.25) is 20.2 Å². The summed E-state index contributed by atoms with van der Waals surface area (Å²) in [6.07, 6.45) is -4.31. The molecule has 1 amide bonds. The van der Waals surface area contributed by atoms with Crippen LogP contribution in [0.5, 0.6) is 0 Å². The lowest BCUT2D eigenvalue weighted by atomic mass is 9.98. The second-order valence-corrected chi connectivity index (χ2v) is 7.52. The minimum atomic E-state index is -4.87. The molecule has 0 radical (unpaired) electrons. The van der Waals surface area contributed by atoms with Gasteiger partial charge in [0.05, 0.1) is 22.2 Å². The van der Waals surface area contributed by atoms with E-state index in [2.05, 4.69) is 10.6 Å². The van der Waals surface area contributed by atoms with Crippen molar-refractivity contribution in [2.45, 2.75) is 31.6 Å². The summed E-state index contributed by atoms with van der Waals surface area (Å²) in [4.78, 5) is 22.7. The van der Waals surface area contributed by atoms with Crippen LogP contribution >= 0.6 is 0 Å². The Kier molecular flexibility index (Phi) is 7.44. The molecule has 0 fully saturated rings. The number of alkyl halides is 3. The number of hydrogen-bond acceptors (Lipinski definition) is 4. The number of nitrogens with zero attached hydrogens (tertiary/aromatic N) is 1. The van der Waals surface area contributed by atoms with Gasteiger partial charge in [0, 0.05) is 18.2 Å². The Morgan fingerprint density at radius 1 is 1.00 bits per heavy atom. The van der Waals surface area contributed by atoms with Crippen molar-refractivity contribution in [3.8, 4) is 0 Å². The van der Waals surface area contributed by atoms with Crippen LogP contribution in [0.3, 0.4) is 0 Å². The summed E-state index contributed by atoms with van der Waals surface area (Å²) in [7, 11) is 0. The minimum absolute atomic E-state index is 0.270. The zero-order valence-electron chi connectivity index (χ0n) is 17.7. The highest BCUT2D eigenvalue weighted by Crippen LogP contribution is 2.37. The predicted octanol–water partition coefficient (Wildman–Crippen LogP) is 5.51. The molecule has 0 heterocycles. The monoisotopic (exact) mass is 457 g/mol. The van der Waals surface area contributed by atoms with Crippen molar-refractivity contribution < 1.29 is 22.9 Å². The van der Waals surface area contributed by atoms with E-state index < -0.39 is 40.0 Å². The minimum Gasteiger partial charge on any atom is -0.324 e.